The molecule has 2 heterocycles. The summed E-state index contributed by atoms with van der Waals surface area (Å²) in [6.07, 6.45) is 1.76. The summed E-state index contributed by atoms with van der Waals surface area (Å²) >= 11 is 0. The van der Waals surface area contributed by atoms with Crippen LogP contribution in [0.15, 0.2) is 75.8 Å². The minimum atomic E-state index is -1.48. The SMILES string of the molecule is C[Si](C)(C)c1cc2cc3c(ccc4c5cc6ccoc6cc5ccc34)cc2o1. The molecule has 6 rings (SSSR count). The van der Waals surface area contributed by atoms with Gasteiger partial charge in [-0.25, -0.2) is 0 Å². The molecule has 0 bridgehead atoms. The van der Waals surface area contributed by atoms with Crippen LogP contribution in [0.3, 0.4) is 0 Å². The van der Waals surface area contributed by atoms with Crippen molar-refractivity contribution >= 4 is 67.7 Å². The van der Waals surface area contributed by atoms with Gasteiger partial charge in [0.1, 0.15) is 19.2 Å². The van der Waals surface area contributed by atoms with Crippen LogP contribution in [0, 0.1) is 0 Å². The topological polar surface area (TPSA) is 26.3 Å². The van der Waals surface area contributed by atoms with Crippen molar-refractivity contribution in [3.8, 4) is 0 Å². The van der Waals surface area contributed by atoms with Gasteiger partial charge in [-0.1, -0.05) is 43.9 Å². The Kier molecular flexibility index (Phi) is 3.00. The van der Waals surface area contributed by atoms with Gasteiger partial charge in [0, 0.05) is 10.8 Å². The highest BCUT2D eigenvalue weighted by molar-refractivity contribution is 6.87. The van der Waals surface area contributed by atoms with Gasteiger partial charge in [0.15, 0.2) is 0 Å². The molecule has 0 atom stereocenters. The van der Waals surface area contributed by atoms with Gasteiger partial charge in [0.25, 0.3) is 0 Å². The van der Waals surface area contributed by atoms with Crippen molar-refractivity contribution in [2.45, 2.75) is 19.6 Å². The second-order valence-electron chi connectivity index (χ2n) is 8.73. The molecular weight excluding hydrogens is 360 g/mol. The molecule has 0 aliphatic heterocycles. The Labute approximate surface area is 163 Å². The fourth-order valence-electron chi connectivity index (χ4n) is 4.24. The van der Waals surface area contributed by atoms with Crippen LogP contribution in [0.2, 0.25) is 19.6 Å². The third kappa shape index (κ3) is 2.20. The molecular formula is C25H20O2Si. The summed E-state index contributed by atoms with van der Waals surface area (Å²) in [7, 11) is -1.48. The number of hydrogen-bond acceptors (Lipinski definition) is 2. The number of hydrogen-bond donors (Lipinski definition) is 0. The Morgan fingerprint density at radius 3 is 1.89 bits per heavy atom. The van der Waals surface area contributed by atoms with E-state index in [1.165, 1.54) is 37.7 Å². The van der Waals surface area contributed by atoms with E-state index in [0.29, 0.717) is 0 Å². The van der Waals surface area contributed by atoms with Crippen molar-refractivity contribution < 1.29 is 8.83 Å². The van der Waals surface area contributed by atoms with Crippen molar-refractivity contribution in [2.75, 3.05) is 0 Å². The monoisotopic (exact) mass is 380 g/mol. The number of fused-ring (bicyclic) bond motifs is 7. The maximum atomic E-state index is 6.21. The predicted octanol–water partition coefficient (Wildman–Crippen LogP) is 7.18. The first-order chi connectivity index (χ1) is 13.5. The minimum Gasteiger partial charge on any atom is -0.466 e. The zero-order chi connectivity index (χ0) is 19.0. The molecule has 0 aliphatic rings. The largest absolute Gasteiger partial charge is 0.466 e. The first kappa shape index (κ1) is 16.0. The normalized spacial score (nSPS) is 12.8. The van der Waals surface area contributed by atoms with Gasteiger partial charge in [-0.05, 0) is 68.7 Å². The third-order valence-corrected chi connectivity index (χ3v) is 7.51. The first-order valence-electron chi connectivity index (χ1n) is 9.68. The third-order valence-electron chi connectivity index (χ3n) is 5.78. The summed E-state index contributed by atoms with van der Waals surface area (Å²) in [6.45, 7) is 6.97. The van der Waals surface area contributed by atoms with Crippen molar-refractivity contribution in [1.82, 2.24) is 0 Å². The predicted molar refractivity (Wildman–Crippen MR) is 121 cm³/mol. The summed E-state index contributed by atoms with van der Waals surface area (Å²) in [4.78, 5) is 0. The zero-order valence-corrected chi connectivity index (χ0v) is 17.2. The Morgan fingerprint density at radius 2 is 1.21 bits per heavy atom. The van der Waals surface area contributed by atoms with E-state index in [9.17, 15) is 0 Å². The molecule has 0 saturated carbocycles. The van der Waals surface area contributed by atoms with Gasteiger partial charge in [0.05, 0.1) is 11.6 Å². The van der Waals surface area contributed by atoms with Crippen LogP contribution in [-0.4, -0.2) is 8.07 Å². The summed E-state index contributed by atoms with van der Waals surface area (Å²) < 4.78 is 11.8. The van der Waals surface area contributed by atoms with Crippen LogP contribution in [0.5, 0.6) is 0 Å². The molecule has 6 aromatic rings. The second-order valence-corrected chi connectivity index (χ2v) is 13.7. The molecule has 28 heavy (non-hydrogen) atoms. The average Bonchev–Trinajstić information content (AvgIpc) is 3.29. The Hall–Kier alpha value is -3.04. The van der Waals surface area contributed by atoms with Gasteiger partial charge >= 0.3 is 0 Å². The first-order valence-corrected chi connectivity index (χ1v) is 13.2. The highest BCUT2D eigenvalue weighted by Crippen LogP contribution is 2.35. The molecule has 0 saturated heterocycles. The van der Waals surface area contributed by atoms with Crippen LogP contribution in [0.1, 0.15) is 0 Å². The highest BCUT2D eigenvalue weighted by Gasteiger charge is 2.21. The molecule has 3 heteroatoms. The maximum Gasteiger partial charge on any atom is 0.134 e. The molecule has 2 nitrogen and oxygen atoms in total. The number of benzene rings is 4. The van der Waals surface area contributed by atoms with Gasteiger partial charge in [0.2, 0.25) is 0 Å². The molecule has 0 radical (unpaired) electrons. The number of furan rings is 2. The van der Waals surface area contributed by atoms with Crippen molar-refractivity contribution in [3.63, 3.8) is 0 Å². The second kappa shape index (κ2) is 5.27. The molecule has 0 N–H and O–H groups in total. The maximum absolute atomic E-state index is 6.21. The molecule has 2 aromatic heterocycles. The Bertz CT molecular complexity index is 1540. The Morgan fingerprint density at radius 1 is 0.571 bits per heavy atom. The van der Waals surface area contributed by atoms with Gasteiger partial charge in [-0.15, -0.1) is 0 Å². The van der Waals surface area contributed by atoms with Gasteiger partial charge in [-0.2, -0.15) is 0 Å². The zero-order valence-electron chi connectivity index (χ0n) is 16.2. The van der Waals surface area contributed by atoms with E-state index in [1.54, 1.807) is 6.26 Å². The molecule has 0 fully saturated rings. The lowest BCUT2D eigenvalue weighted by atomic mass is 9.96. The average molecular weight is 381 g/mol. The van der Waals surface area contributed by atoms with E-state index in [2.05, 4.69) is 74.2 Å². The minimum absolute atomic E-state index is 0.937. The molecule has 0 unspecified atom stereocenters. The fraction of sp³-hybridized carbons (Fsp3) is 0.120. The summed E-state index contributed by atoms with van der Waals surface area (Å²) in [5.74, 6) is 0. The molecule has 0 spiro atoms. The van der Waals surface area contributed by atoms with Crippen molar-refractivity contribution in [3.05, 3.63) is 66.9 Å². The van der Waals surface area contributed by atoms with Crippen LogP contribution in [-0.2, 0) is 0 Å². The summed E-state index contributed by atoms with van der Waals surface area (Å²) in [6, 6.07) is 22.0. The molecule has 0 amide bonds. The van der Waals surface area contributed by atoms with E-state index in [-0.39, 0.29) is 0 Å². The molecule has 4 aromatic carbocycles. The Balaban J connectivity index is 1.71. The van der Waals surface area contributed by atoms with Crippen molar-refractivity contribution in [1.29, 1.82) is 0 Å². The smallest absolute Gasteiger partial charge is 0.134 e. The van der Waals surface area contributed by atoms with Gasteiger partial charge < -0.3 is 8.83 Å². The fourth-order valence-corrected chi connectivity index (χ4v) is 5.24. The van der Waals surface area contributed by atoms with E-state index in [0.717, 1.165) is 21.9 Å². The highest BCUT2D eigenvalue weighted by atomic mass is 28.3. The van der Waals surface area contributed by atoms with Crippen LogP contribution >= 0.6 is 0 Å². The van der Waals surface area contributed by atoms with Crippen LogP contribution in [0.25, 0.3) is 54.3 Å². The number of rotatable bonds is 1. The van der Waals surface area contributed by atoms with Crippen molar-refractivity contribution in [2.24, 2.45) is 0 Å². The van der Waals surface area contributed by atoms with E-state index < -0.39 is 8.07 Å². The lowest BCUT2D eigenvalue weighted by Crippen LogP contribution is -2.36. The van der Waals surface area contributed by atoms with Crippen LogP contribution in [0.4, 0.5) is 0 Å². The lowest BCUT2D eigenvalue weighted by Gasteiger charge is -2.10. The van der Waals surface area contributed by atoms with E-state index in [1.807, 2.05) is 6.07 Å². The summed E-state index contributed by atoms with van der Waals surface area (Å²) in [5, 5.41) is 11.0. The summed E-state index contributed by atoms with van der Waals surface area (Å²) in [5.41, 5.74) is 1.93. The standard InChI is InChI=1S/C25H20O2Si/c1-28(2,3)25-14-18-11-22-16(13-24(18)27-25)5-7-19-20(22)6-4-15-12-23-17(8-9-26-23)10-21(15)19/h4-14H,1-3H3. The molecule has 136 valence electrons. The van der Waals surface area contributed by atoms with Crippen LogP contribution < -0.4 is 5.38 Å². The molecule has 0 aliphatic carbocycles. The van der Waals surface area contributed by atoms with E-state index >= 15 is 0 Å². The quantitative estimate of drug-likeness (QED) is 0.223. The van der Waals surface area contributed by atoms with Gasteiger partial charge in [-0.3, -0.25) is 0 Å². The lowest BCUT2D eigenvalue weighted by molar-refractivity contribution is 0.616. The van der Waals surface area contributed by atoms with E-state index in [4.69, 9.17) is 8.83 Å².